The quantitative estimate of drug-likeness (QED) is 0.737. The molecular formula is C16H18O3. The summed E-state index contributed by atoms with van der Waals surface area (Å²) in [6, 6.07) is 15.5. The van der Waals surface area contributed by atoms with Crippen LogP contribution in [-0.2, 0) is 4.74 Å². The maximum absolute atomic E-state index is 5.83. The molecule has 2 rings (SSSR count). The summed E-state index contributed by atoms with van der Waals surface area (Å²) in [6.07, 6.45) is 0. The van der Waals surface area contributed by atoms with E-state index in [1.54, 1.807) is 7.11 Å². The summed E-state index contributed by atoms with van der Waals surface area (Å²) in [7, 11) is 1.65. The summed E-state index contributed by atoms with van der Waals surface area (Å²) in [5, 5.41) is 0. The Morgan fingerprint density at radius 2 is 1.53 bits per heavy atom. The number of methoxy groups -OCH3 is 1. The Morgan fingerprint density at radius 1 is 0.842 bits per heavy atom. The monoisotopic (exact) mass is 258 g/mol. The van der Waals surface area contributed by atoms with Crippen LogP contribution in [0.4, 0.5) is 0 Å². The van der Waals surface area contributed by atoms with E-state index in [4.69, 9.17) is 14.2 Å². The highest BCUT2D eigenvalue weighted by atomic mass is 16.5. The molecule has 2 aromatic carbocycles. The second kappa shape index (κ2) is 6.81. The number of hydrogen-bond donors (Lipinski definition) is 0. The molecule has 2 aromatic rings. The van der Waals surface area contributed by atoms with E-state index in [-0.39, 0.29) is 0 Å². The fourth-order valence-electron chi connectivity index (χ4n) is 1.62. The van der Waals surface area contributed by atoms with Crippen LogP contribution in [0, 0.1) is 6.92 Å². The Morgan fingerprint density at radius 3 is 2.21 bits per heavy atom. The molecule has 0 fully saturated rings. The van der Waals surface area contributed by atoms with E-state index in [9.17, 15) is 0 Å². The average Bonchev–Trinajstić information content (AvgIpc) is 2.43. The molecule has 3 heteroatoms. The van der Waals surface area contributed by atoms with Crippen molar-refractivity contribution in [3.05, 3.63) is 54.1 Å². The molecule has 0 atom stereocenters. The lowest BCUT2D eigenvalue weighted by molar-refractivity contribution is 0.144. The molecular weight excluding hydrogens is 240 g/mol. The lowest BCUT2D eigenvalue weighted by Gasteiger charge is -2.12. The minimum absolute atomic E-state index is 0.505. The minimum atomic E-state index is 0.505. The van der Waals surface area contributed by atoms with Gasteiger partial charge in [-0.25, -0.2) is 0 Å². The Kier molecular flexibility index (Phi) is 4.81. The van der Waals surface area contributed by atoms with Crippen molar-refractivity contribution in [2.45, 2.75) is 6.92 Å². The van der Waals surface area contributed by atoms with Gasteiger partial charge in [0, 0.05) is 7.11 Å². The first kappa shape index (κ1) is 13.4. The topological polar surface area (TPSA) is 27.7 Å². The molecule has 100 valence electrons. The van der Waals surface area contributed by atoms with Gasteiger partial charge in [0.2, 0.25) is 0 Å². The zero-order chi connectivity index (χ0) is 13.5. The fraction of sp³-hybridized carbons (Fsp3) is 0.250. The van der Waals surface area contributed by atoms with Crippen LogP contribution in [0.1, 0.15) is 5.56 Å². The van der Waals surface area contributed by atoms with Crippen LogP contribution < -0.4 is 9.47 Å². The van der Waals surface area contributed by atoms with Crippen molar-refractivity contribution in [3.63, 3.8) is 0 Å². The predicted molar refractivity (Wildman–Crippen MR) is 75.1 cm³/mol. The van der Waals surface area contributed by atoms with Crippen molar-refractivity contribution in [2.75, 3.05) is 20.3 Å². The third-order valence-electron chi connectivity index (χ3n) is 2.64. The Labute approximate surface area is 113 Å². The third-order valence-corrected chi connectivity index (χ3v) is 2.64. The van der Waals surface area contributed by atoms with Crippen LogP contribution in [0.5, 0.6) is 17.2 Å². The molecule has 0 unspecified atom stereocenters. The van der Waals surface area contributed by atoms with E-state index < -0.39 is 0 Å². The normalized spacial score (nSPS) is 10.2. The molecule has 0 spiro atoms. The Hall–Kier alpha value is -2.00. The van der Waals surface area contributed by atoms with Crippen LogP contribution in [0.15, 0.2) is 48.5 Å². The van der Waals surface area contributed by atoms with Crippen molar-refractivity contribution in [3.8, 4) is 17.2 Å². The SMILES string of the molecule is COCCOc1ccccc1Oc1ccc(C)cc1. The molecule has 0 aromatic heterocycles. The van der Waals surface area contributed by atoms with Crippen molar-refractivity contribution in [2.24, 2.45) is 0 Å². The van der Waals surface area contributed by atoms with Crippen molar-refractivity contribution in [1.29, 1.82) is 0 Å². The maximum atomic E-state index is 5.83. The van der Waals surface area contributed by atoms with Crippen molar-refractivity contribution in [1.82, 2.24) is 0 Å². The highest BCUT2D eigenvalue weighted by Gasteiger charge is 2.05. The smallest absolute Gasteiger partial charge is 0.169 e. The van der Waals surface area contributed by atoms with Crippen molar-refractivity contribution >= 4 is 0 Å². The van der Waals surface area contributed by atoms with Crippen LogP contribution >= 0.6 is 0 Å². The lowest BCUT2D eigenvalue weighted by atomic mass is 10.2. The van der Waals surface area contributed by atoms with Gasteiger partial charge in [0.05, 0.1) is 6.61 Å². The zero-order valence-corrected chi connectivity index (χ0v) is 11.3. The molecule has 0 aliphatic carbocycles. The summed E-state index contributed by atoms with van der Waals surface area (Å²) in [4.78, 5) is 0. The summed E-state index contributed by atoms with van der Waals surface area (Å²) < 4.78 is 16.4. The number of ether oxygens (including phenoxy) is 3. The van der Waals surface area contributed by atoms with Crippen LogP contribution in [-0.4, -0.2) is 20.3 Å². The highest BCUT2D eigenvalue weighted by molar-refractivity contribution is 5.43. The van der Waals surface area contributed by atoms with Gasteiger partial charge in [-0.2, -0.15) is 0 Å². The number of rotatable bonds is 6. The third kappa shape index (κ3) is 4.00. The number of para-hydroxylation sites is 2. The summed E-state index contributed by atoms with van der Waals surface area (Å²) in [5.41, 5.74) is 1.21. The molecule has 0 aliphatic heterocycles. The Balaban J connectivity index is 2.08. The average molecular weight is 258 g/mol. The van der Waals surface area contributed by atoms with Gasteiger partial charge < -0.3 is 14.2 Å². The molecule has 0 N–H and O–H groups in total. The van der Waals surface area contributed by atoms with Crippen molar-refractivity contribution < 1.29 is 14.2 Å². The first-order chi connectivity index (χ1) is 9.29. The van der Waals surface area contributed by atoms with E-state index in [2.05, 4.69) is 0 Å². The van der Waals surface area contributed by atoms with Crippen LogP contribution in [0.2, 0.25) is 0 Å². The number of benzene rings is 2. The second-order valence-corrected chi connectivity index (χ2v) is 4.20. The highest BCUT2D eigenvalue weighted by Crippen LogP contribution is 2.31. The Bertz CT molecular complexity index is 506. The predicted octanol–water partition coefficient (Wildman–Crippen LogP) is 3.81. The summed E-state index contributed by atoms with van der Waals surface area (Å²) >= 11 is 0. The molecule has 0 radical (unpaired) electrons. The van der Waals surface area contributed by atoms with Gasteiger partial charge in [0.25, 0.3) is 0 Å². The fourth-order valence-corrected chi connectivity index (χ4v) is 1.62. The van der Waals surface area contributed by atoms with Gasteiger partial charge in [0.1, 0.15) is 12.4 Å². The molecule has 0 amide bonds. The van der Waals surface area contributed by atoms with Crippen LogP contribution in [0.3, 0.4) is 0 Å². The largest absolute Gasteiger partial charge is 0.487 e. The molecule has 0 bridgehead atoms. The van der Waals surface area contributed by atoms with Gasteiger partial charge in [-0.3, -0.25) is 0 Å². The minimum Gasteiger partial charge on any atom is -0.487 e. The van der Waals surface area contributed by atoms with E-state index in [1.165, 1.54) is 5.56 Å². The summed E-state index contributed by atoms with van der Waals surface area (Å²) in [6.45, 7) is 3.11. The lowest BCUT2D eigenvalue weighted by Crippen LogP contribution is -2.04. The second-order valence-electron chi connectivity index (χ2n) is 4.20. The molecule has 0 saturated heterocycles. The van der Waals surface area contributed by atoms with E-state index >= 15 is 0 Å². The first-order valence-electron chi connectivity index (χ1n) is 6.25. The molecule has 0 saturated carbocycles. The number of aryl methyl sites for hydroxylation is 1. The van der Waals surface area contributed by atoms with Gasteiger partial charge in [-0.05, 0) is 31.2 Å². The van der Waals surface area contributed by atoms with E-state index in [1.807, 2.05) is 55.5 Å². The molecule has 3 nitrogen and oxygen atoms in total. The standard InChI is InChI=1S/C16H18O3/c1-13-7-9-14(10-8-13)19-16-6-4-3-5-15(16)18-12-11-17-2/h3-10H,11-12H2,1-2H3. The molecule has 0 aliphatic rings. The molecule has 0 heterocycles. The van der Waals surface area contributed by atoms with Gasteiger partial charge >= 0.3 is 0 Å². The first-order valence-corrected chi connectivity index (χ1v) is 6.25. The molecule has 19 heavy (non-hydrogen) atoms. The van der Waals surface area contributed by atoms with Gasteiger partial charge in [-0.1, -0.05) is 29.8 Å². The maximum Gasteiger partial charge on any atom is 0.169 e. The van der Waals surface area contributed by atoms with Gasteiger partial charge in [-0.15, -0.1) is 0 Å². The van der Waals surface area contributed by atoms with E-state index in [0.717, 1.165) is 11.5 Å². The number of hydrogen-bond acceptors (Lipinski definition) is 3. The van der Waals surface area contributed by atoms with Gasteiger partial charge in [0.15, 0.2) is 11.5 Å². The van der Waals surface area contributed by atoms with E-state index in [0.29, 0.717) is 19.0 Å². The summed E-state index contributed by atoms with van der Waals surface area (Å²) in [5.74, 6) is 2.23. The van der Waals surface area contributed by atoms with Crippen LogP contribution in [0.25, 0.3) is 0 Å². The zero-order valence-electron chi connectivity index (χ0n) is 11.3.